The van der Waals surface area contributed by atoms with Gasteiger partial charge < -0.3 is 9.64 Å². The van der Waals surface area contributed by atoms with Gasteiger partial charge in [0.05, 0.1) is 13.2 Å². The molecule has 1 aliphatic rings. The van der Waals surface area contributed by atoms with E-state index in [1.54, 1.807) is 6.92 Å². The molecule has 1 atom stereocenters. The third kappa shape index (κ3) is 2.72. The molecule has 4 heteroatoms. The van der Waals surface area contributed by atoms with Gasteiger partial charge in [-0.15, -0.1) is 0 Å². The van der Waals surface area contributed by atoms with E-state index in [9.17, 15) is 9.59 Å². The summed E-state index contributed by atoms with van der Waals surface area (Å²) in [5.74, 6) is 0.373. The Hall–Kier alpha value is -1.06. The van der Waals surface area contributed by atoms with Crippen LogP contribution in [0.2, 0.25) is 0 Å². The van der Waals surface area contributed by atoms with E-state index in [1.807, 2.05) is 6.92 Å². The van der Waals surface area contributed by atoms with E-state index in [0.717, 1.165) is 0 Å². The van der Waals surface area contributed by atoms with E-state index in [0.29, 0.717) is 19.6 Å². The largest absolute Gasteiger partial charge is 0.450 e. The van der Waals surface area contributed by atoms with Crippen molar-refractivity contribution in [3.8, 4) is 0 Å². The van der Waals surface area contributed by atoms with Gasteiger partial charge in [0.1, 0.15) is 0 Å². The molecule has 1 heterocycles. The molecule has 0 aromatic heterocycles. The summed E-state index contributed by atoms with van der Waals surface area (Å²) in [6.45, 7) is 4.92. The highest BCUT2D eigenvalue weighted by Gasteiger charge is 2.26. The van der Waals surface area contributed by atoms with Crippen LogP contribution in [0.3, 0.4) is 0 Å². The number of hydrogen-bond donors (Lipinski definition) is 0. The summed E-state index contributed by atoms with van der Waals surface area (Å²) in [7, 11) is 0. The molecule has 74 valence electrons. The maximum absolute atomic E-state index is 11.2. The predicted octanol–water partition coefficient (Wildman–Crippen LogP) is 1.05. The van der Waals surface area contributed by atoms with E-state index in [1.165, 1.54) is 4.90 Å². The molecule has 0 spiro atoms. The van der Waals surface area contributed by atoms with Crippen molar-refractivity contribution in [2.75, 3.05) is 19.7 Å². The zero-order valence-corrected chi connectivity index (χ0v) is 8.08. The van der Waals surface area contributed by atoms with Gasteiger partial charge in [-0.3, -0.25) is 4.79 Å². The molecule has 1 aliphatic heterocycles. The Balaban J connectivity index is 2.49. The Labute approximate surface area is 77.8 Å². The van der Waals surface area contributed by atoms with Crippen molar-refractivity contribution in [2.24, 2.45) is 5.92 Å². The zero-order chi connectivity index (χ0) is 9.84. The number of hydrogen-bond acceptors (Lipinski definition) is 3. The number of piperidine rings is 1. The lowest BCUT2D eigenvalue weighted by molar-refractivity contribution is -0.123. The summed E-state index contributed by atoms with van der Waals surface area (Å²) in [5.41, 5.74) is 0. The van der Waals surface area contributed by atoms with Crippen LogP contribution >= 0.6 is 0 Å². The van der Waals surface area contributed by atoms with E-state index < -0.39 is 0 Å². The first kappa shape index (κ1) is 10.0. The molecular formula is C9H15NO3. The first-order valence-electron chi connectivity index (χ1n) is 4.57. The van der Waals surface area contributed by atoms with Crippen molar-refractivity contribution in [2.45, 2.75) is 20.3 Å². The van der Waals surface area contributed by atoms with Crippen LogP contribution in [0, 0.1) is 5.92 Å². The summed E-state index contributed by atoms with van der Waals surface area (Å²) in [6.07, 6.45) is 0.206. The van der Waals surface area contributed by atoms with Gasteiger partial charge in [-0.25, -0.2) is 4.79 Å². The standard InChI is InChI=1S/C9H15NO3/c1-3-13-9(12)10-5-7(2)4-8(11)6-10/h7H,3-6H2,1-2H3. The maximum Gasteiger partial charge on any atom is 0.410 e. The minimum Gasteiger partial charge on any atom is -0.450 e. The molecule has 1 amide bonds. The Morgan fingerprint density at radius 2 is 2.38 bits per heavy atom. The zero-order valence-electron chi connectivity index (χ0n) is 8.08. The van der Waals surface area contributed by atoms with Crippen molar-refractivity contribution >= 4 is 11.9 Å². The number of amides is 1. The van der Waals surface area contributed by atoms with Gasteiger partial charge in [-0.05, 0) is 12.8 Å². The van der Waals surface area contributed by atoms with Gasteiger partial charge in [0.2, 0.25) is 0 Å². The van der Waals surface area contributed by atoms with Crippen molar-refractivity contribution in [1.29, 1.82) is 0 Å². The molecule has 4 nitrogen and oxygen atoms in total. The molecule has 0 aliphatic carbocycles. The second-order valence-electron chi connectivity index (χ2n) is 3.43. The molecule has 0 saturated carbocycles. The van der Waals surface area contributed by atoms with Crippen LogP contribution in [0.25, 0.3) is 0 Å². The first-order valence-corrected chi connectivity index (χ1v) is 4.57. The summed E-state index contributed by atoms with van der Waals surface area (Å²) < 4.78 is 4.81. The molecule has 13 heavy (non-hydrogen) atoms. The van der Waals surface area contributed by atoms with Crippen LogP contribution in [0.5, 0.6) is 0 Å². The van der Waals surface area contributed by atoms with E-state index in [4.69, 9.17) is 4.74 Å². The maximum atomic E-state index is 11.2. The van der Waals surface area contributed by atoms with Crippen LogP contribution in [0.1, 0.15) is 20.3 Å². The molecule has 1 fully saturated rings. The summed E-state index contributed by atoms with van der Waals surface area (Å²) in [6, 6.07) is 0. The van der Waals surface area contributed by atoms with Crippen LogP contribution in [-0.4, -0.2) is 36.5 Å². The second-order valence-corrected chi connectivity index (χ2v) is 3.43. The molecule has 0 aromatic carbocycles. The van der Waals surface area contributed by atoms with E-state index >= 15 is 0 Å². The fourth-order valence-electron chi connectivity index (χ4n) is 1.53. The SMILES string of the molecule is CCOC(=O)N1CC(=O)CC(C)C1. The molecule has 1 saturated heterocycles. The normalized spacial score (nSPS) is 23.1. The lowest BCUT2D eigenvalue weighted by Gasteiger charge is -2.28. The lowest BCUT2D eigenvalue weighted by Crippen LogP contribution is -2.43. The summed E-state index contributed by atoms with van der Waals surface area (Å²) in [4.78, 5) is 23.9. The van der Waals surface area contributed by atoms with Crippen molar-refractivity contribution in [3.05, 3.63) is 0 Å². The number of carbonyl (C=O) groups is 2. The average Bonchev–Trinajstić information content (AvgIpc) is 2.03. The number of Topliss-reactive ketones (excluding diaryl/α,β-unsaturated/α-hetero) is 1. The third-order valence-electron chi connectivity index (χ3n) is 2.00. The average molecular weight is 185 g/mol. The number of rotatable bonds is 1. The van der Waals surface area contributed by atoms with Crippen LogP contribution < -0.4 is 0 Å². The number of likely N-dealkylation sites (tertiary alicyclic amines) is 1. The Kier molecular flexibility index (Phi) is 3.28. The fourth-order valence-corrected chi connectivity index (χ4v) is 1.53. The Morgan fingerprint density at radius 1 is 1.69 bits per heavy atom. The Bertz CT molecular complexity index is 215. The second kappa shape index (κ2) is 4.25. The van der Waals surface area contributed by atoms with Gasteiger partial charge in [0.15, 0.2) is 5.78 Å². The summed E-state index contributed by atoms with van der Waals surface area (Å²) >= 11 is 0. The highest BCUT2D eigenvalue weighted by molar-refractivity contribution is 5.85. The van der Waals surface area contributed by atoms with Crippen molar-refractivity contribution < 1.29 is 14.3 Å². The number of ether oxygens (including phenoxy) is 1. The fraction of sp³-hybridized carbons (Fsp3) is 0.778. The number of ketones is 1. The molecule has 0 aromatic rings. The molecule has 0 radical (unpaired) electrons. The van der Waals surface area contributed by atoms with Crippen molar-refractivity contribution in [3.63, 3.8) is 0 Å². The quantitative estimate of drug-likeness (QED) is 0.613. The van der Waals surface area contributed by atoms with Crippen molar-refractivity contribution in [1.82, 2.24) is 4.90 Å². The topological polar surface area (TPSA) is 46.6 Å². The minimum absolute atomic E-state index is 0.117. The van der Waals surface area contributed by atoms with Crippen LogP contribution in [0.15, 0.2) is 0 Å². The predicted molar refractivity (Wildman–Crippen MR) is 47.4 cm³/mol. The Morgan fingerprint density at radius 3 is 2.92 bits per heavy atom. The monoisotopic (exact) mass is 185 g/mol. The van der Waals surface area contributed by atoms with Gasteiger partial charge in [0, 0.05) is 13.0 Å². The molecule has 1 unspecified atom stereocenters. The van der Waals surface area contributed by atoms with Gasteiger partial charge in [0.25, 0.3) is 0 Å². The molecular weight excluding hydrogens is 170 g/mol. The number of nitrogens with zero attached hydrogens (tertiary/aromatic N) is 1. The summed E-state index contributed by atoms with van der Waals surface area (Å²) in [5, 5.41) is 0. The minimum atomic E-state index is -0.373. The first-order chi connectivity index (χ1) is 6.13. The molecule has 0 bridgehead atoms. The third-order valence-corrected chi connectivity index (χ3v) is 2.00. The highest BCUT2D eigenvalue weighted by Crippen LogP contribution is 2.13. The molecule has 1 rings (SSSR count). The highest BCUT2D eigenvalue weighted by atomic mass is 16.6. The smallest absolute Gasteiger partial charge is 0.410 e. The van der Waals surface area contributed by atoms with Gasteiger partial charge in [-0.2, -0.15) is 0 Å². The van der Waals surface area contributed by atoms with Crippen LogP contribution in [0.4, 0.5) is 4.79 Å². The van der Waals surface area contributed by atoms with E-state index in [2.05, 4.69) is 0 Å². The van der Waals surface area contributed by atoms with Crippen LogP contribution in [-0.2, 0) is 9.53 Å². The lowest BCUT2D eigenvalue weighted by atomic mass is 10.00. The molecule has 0 N–H and O–H groups in total. The number of carbonyl (C=O) groups excluding carboxylic acids is 2. The van der Waals surface area contributed by atoms with Gasteiger partial charge in [-0.1, -0.05) is 6.92 Å². The van der Waals surface area contributed by atoms with E-state index in [-0.39, 0.29) is 24.3 Å². The van der Waals surface area contributed by atoms with Gasteiger partial charge >= 0.3 is 6.09 Å².